The van der Waals surface area contributed by atoms with E-state index in [4.69, 9.17) is 4.74 Å². The minimum atomic E-state index is -1.22. The molecule has 0 saturated heterocycles. The fourth-order valence-electron chi connectivity index (χ4n) is 3.43. The van der Waals surface area contributed by atoms with Crippen LogP contribution in [0.15, 0.2) is 60.9 Å². The molecule has 0 aliphatic carbocycles. The molecule has 1 unspecified atom stereocenters. The van der Waals surface area contributed by atoms with Gasteiger partial charge in [0.1, 0.15) is 0 Å². The van der Waals surface area contributed by atoms with Crippen molar-refractivity contribution in [2.24, 2.45) is 0 Å². The zero-order valence-electron chi connectivity index (χ0n) is 13.4. The number of fused-ring (bicyclic) bond motifs is 2. The van der Waals surface area contributed by atoms with Crippen LogP contribution in [0.5, 0.6) is 0 Å². The second kappa shape index (κ2) is 5.34. The van der Waals surface area contributed by atoms with Crippen molar-refractivity contribution in [1.29, 1.82) is 0 Å². The maximum atomic E-state index is 13.2. The summed E-state index contributed by atoms with van der Waals surface area (Å²) in [6, 6.07) is 15.7. The standard InChI is InChI=1S/C20H17NO3/c1-14-7-8-18-17(11-14)20(12-16(22)9-10-24-20)19(23)21(18)13-15-5-3-2-4-6-15/h2-11H,12-13H2,1H3. The van der Waals surface area contributed by atoms with Gasteiger partial charge in [0.05, 0.1) is 24.9 Å². The number of rotatable bonds is 2. The number of hydrogen-bond donors (Lipinski definition) is 0. The highest BCUT2D eigenvalue weighted by atomic mass is 16.5. The van der Waals surface area contributed by atoms with Crippen molar-refractivity contribution in [2.75, 3.05) is 4.90 Å². The number of anilines is 1. The molecule has 0 aromatic heterocycles. The number of benzene rings is 2. The first-order valence-corrected chi connectivity index (χ1v) is 7.94. The largest absolute Gasteiger partial charge is 0.480 e. The third-order valence-corrected chi connectivity index (χ3v) is 4.60. The van der Waals surface area contributed by atoms with Crippen LogP contribution in [-0.2, 0) is 26.5 Å². The Morgan fingerprint density at radius 2 is 1.92 bits per heavy atom. The van der Waals surface area contributed by atoms with E-state index in [1.165, 1.54) is 12.3 Å². The lowest BCUT2D eigenvalue weighted by Crippen LogP contribution is -2.44. The Balaban J connectivity index is 1.82. The Bertz CT molecular complexity index is 856. The van der Waals surface area contributed by atoms with Crippen molar-refractivity contribution in [3.63, 3.8) is 0 Å². The monoisotopic (exact) mass is 319 g/mol. The predicted octanol–water partition coefficient (Wildman–Crippen LogP) is 3.24. The van der Waals surface area contributed by atoms with Crippen LogP contribution < -0.4 is 4.90 Å². The molecule has 4 rings (SSSR count). The molecule has 1 amide bonds. The van der Waals surface area contributed by atoms with Crippen LogP contribution in [-0.4, -0.2) is 11.7 Å². The quantitative estimate of drug-likeness (QED) is 0.854. The van der Waals surface area contributed by atoms with Crippen molar-refractivity contribution in [3.05, 3.63) is 77.6 Å². The summed E-state index contributed by atoms with van der Waals surface area (Å²) in [6.45, 7) is 2.43. The molecule has 1 atom stereocenters. The number of ketones is 1. The highest BCUT2D eigenvalue weighted by molar-refractivity contribution is 6.10. The Hall–Kier alpha value is -2.88. The molecule has 0 saturated carbocycles. The molecule has 120 valence electrons. The second-order valence-electron chi connectivity index (χ2n) is 6.29. The molecule has 2 aliphatic heterocycles. The highest BCUT2D eigenvalue weighted by Crippen LogP contribution is 2.47. The van der Waals surface area contributed by atoms with Gasteiger partial charge in [0.25, 0.3) is 5.91 Å². The van der Waals surface area contributed by atoms with Crippen LogP contribution >= 0.6 is 0 Å². The average Bonchev–Trinajstić information content (AvgIpc) is 2.78. The first-order valence-electron chi connectivity index (χ1n) is 7.94. The van der Waals surface area contributed by atoms with Gasteiger partial charge in [-0.2, -0.15) is 0 Å². The molecule has 2 aromatic carbocycles. The van der Waals surface area contributed by atoms with Crippen LogP contribution in [0.2, 0.25) is 0 Å². The van der Waals surface area contributed by atoms with Crippen molar-refractivity contribution < 1.29 is 14.3 Å². The Morgan fingerprint density at radius 3 is 2.67 bits per heavy atom. The fourth-order valence-corrected chi connectivity index (χ4v) is 3.43. The number of nitrogens with zero attached hydrogens (tertiary/aromatic N) is 1. The van der Waals surface area contributed by atoms with E-state index in [2.05, 4.69) is 0 Å². The summed E-state index contributed by atoms with van der Waals surface area (Å²) in [4.78, 5) is 26.9. The van der Waals surface area contributed by atoms with E-state index in [1.807, 2.05) is 55.5 Å². The second-order valence-corrected chi connectivity index (χ2v) is 6.29. The Morgan fingerprint density at radius 1 is 1.12 bits per heavy atom. The van der Waals surface area contributed by atoms with Gasteiger partial charge in [0.2, 0.25) is 5.60 Å². The van der Waals surface area contributed by atoms with Gasteiger partial charge in [-0.15, -0.1) is 0 Å². The molecular weight excluding hydrogens is 302 g/mol. The molecule has 0 bridgehead atoms. The summed E-state index contributed by atoms with van der Waals surface area (Å²) in [5, 5.41) is 0. The minimum absolute atomic E-state index is 0.0457. The maximum absolute atomic E-state index is 13.2. The number of carbonyl (C=O) groups is 2. The van der Waals surface area contributed by atoms with Gasteiger partial charge in [0, 0.05) is 11.6 Å². The van der Waals surface area contributed by atoms with Crippen molar-refractivity contribution in [1.82, 2.24) is 0 Å². The molecular formula is C20H17NO3. The first kappa shape index (κ1) is 14.7. The van der Waals surface area contributed by atoms with Crippen molar-refractivity contribution >= 4 is 17.4 Å². The van der Waals surface area contributed by atoms with E-state index < -0.39 is 5.60 Å². The van der Waals surface area contributed by atoms with Crippen LogP contribution in [0.4, 0.5) is 5.69 Å². The zero-order chi connectivity index (χ0) is 16.7. The Labute approximate surface area is 140 Å². The van der Waals surface area contributed by atoms with E-state index in [0.29, 0.717) is 6.54 Å². The molecule has 1 spiro atoms. The highest BCUT2D eigenvalue weighted by Gasteiger charge is 2.54. The molecule has 2 aromatic rings. The smallest absolute Gasteiger partial charge is 0.276 e. The lowest BCUT2D eigenvalue weighted by atomic mass is 9.87. The van der Waals surface area contributed by atoms with Crippen molar-refractivity contribution in [3.8, 4) is 0 Å². The van der Waals surface area contributed by atoms with Gasteiger partial charge in [-0.25, -0.2) is 0 Å². The summed E-state index contributed by atoms with van der Waals surface area (Å²) in [7, 11) is 0. The van der Waals surface area contributed by atoms with Gasteiger partial charge in [-0.1, -0.05) is 42.0 Å². The molecule has 4 heteroatoms. The summed E-state index contributed by atoms with van der Waals surface area (Å²) in [6.07, 6.45) is 2.78. The van der Waals surface area contributed by atoms with Gasteiger partial charge in [-0.05, 0) is 24.6 Å². The van der Waals surface area contributed by atoms with Gasteiger partial charge in [0.15, 0.2) is 5.78 Å². The number of allylic oxidation sites excluding steroid dienone is 1. The maximum Gasteiger partial charge on any atom is 0.276 e. The third kappa shape index (κ3) is 2.14. The SMILES string of the molecule is Cc1ccc2c(c1)C1(CC(=O)C=CO1)C(=O)N2Cc1ccccc1. The van der Waals surface area contributed by atoms with E-state index in [0.717, 1.165) is 22.4 Å². The van der Waals surface area contributed by atoms with Crippen LogP contribution in [0.3, 0.4) is 0 Å². The number of carbonyl (C=O) groups excluding carboxylic acids is 2. The van der Waals surface area contributed by atoms with Gasteiger partial charge in [-0.3, -0.25) is 9.59 Å². The number of amides is 1. The minimum Gasteiger partial charge on any atom is -0.480 e. The van der Waals surface area contributed by atoms with Gasteiger partial charge < -0.3 is 9.64 Å². The molecule has 4 nitrogen and oxygen atoms in total. The Kier molecular flexibility index (Phi) is 3.27. The first-order chi connectivity index (χ1) is 11.6. The fraction of sp³-hybridized carbons (Fsp3) is 0.200. The average molecular weight is 319 g/mol. The molecule has 0 fully saturated rings. The van der Waals surface area contributed by atoms with Crippen LogP contribution in [0.25, 0.3) is 0 Å². The van der Waals surface area contributed by atoms with Gasteiger partial charge >= 0.3 is 0 Å². The van der Waals surface area contributed by atoms with Crippen LogP contribution in [0.1, 0.15) is 23.1 Å². The van der Waals surface area contributed by atoms with Crippen molar-refractivity contribution in [2.45, 2.75) is 25.5 Å². The molecule has 2 aliphatic rings. The van der Waals surface area contributed by atoms with E-state index in [9.17, 15) is 9.59 Å². The van der Waals surface area contributed by atoms with E-state index >= 15 is 0 Å². The van der Waals surface area contributed by atoms with E-state index in [1.54, 1.807) is 4.90 Å². The lowest BCUT2D eigenvalue weighted by molar-refractivity contribution is -0.143. The lowest BCUT2D eigenvalue weighted by Gasteiger charge is -2.29. The molecule has 24 heavy (non-hydrogen) atoms. The third-order valence-electron chi connectivity index (χ3n) is 4.60. The number of hydrogen-bond acceptors (Lipinski definition) is 3. The summed E-state index contributed by atoms with van der Waals surface area (Å²) in [5.74, 6) is -0.270. The zero-order valence-corrected chi connectivity index (χ0v) is 13.4. The molecule has 0 N–H and O–H groups in total. The topological polar surface area (TPSA) is 46.6 Å². The summed E-state index contributed by atoms with van der Waals surface area (Å²) < 4.78 is 5.77. The predicted molar refractivity (Wildman–Crippen MR) is 90.3 cm³/mol. The number of ether oxygens (including phenoxy) is 1. The van der Waals surface area contributed by atoms with E-state index in [-0.39, 0.29) is 18.1 Å². The summed E-state index contributed by atoms with van der Waals surface area (Å²) in [5.41, 5.74) is 2.45. The number of aryl methyl sites for hydroxylation is 1. The van der Waals surface area contributed by atoms with Crippen LogP contribution in [0, 0.1) is 6.92 Å². The molecule has 2 heterocycles. The molecule has 0 radical (unpaired) electrons. The normalized spacial score (nSPS) is 22.0. The summed E-state index contributed by atoms with van der Waals surface area (Å²) >= 11 is 0.